The molecule has 148 valence electrons. The molecular formula is C23H29N3O2. The Bertz CT molecular complexity index is 960. The molecule has 3 aliphatic rings. The third-order valence-electron chi connectivity index (χ3n) is 7.00. The van der Waals surface area contributed by atoms with Crippen molar-refractivity contribution in [1.82, 2.24) is 14.8 Å². The summed E-state index contributed by atoms with van der Waals surface area (Å²) in [4.78, 5) is 14.7. The molecule has 3 aliphatic heterocycles. The highest BCUT2D eigenvalue weighted by Gasteiger charge is 2.50. The molecule has 1 saturated heterocycles. The summed E-state index contributed by atoms with van der Waals surface area (Å²) in [6.45, 7) is 7.44. The number of para-hydroxylation sites is 1. The van der Waals surface area contributed by atoms with Crippen LogP contribution in [0.1, 0.15) is 50.4 Å². The number of amides is 1. The van der Waals surface area contributed by atoms with E-state index >= 15 is 0 Å². The van der Waals surface area contributed by atoms with Crippen LogP contribution in [-0.4, -0.2) is 41.8 Å². The van der Waals surface area contributed by atoms with Gasteiger partial charge in [-0.1, -0.05) is 31.2 Å². The van der Waals surface area contributed by atoms with Gasteiger partial charge >= 0.3 is 6.09 Å². The molecule has 5 heteroatoms. The third kappa shape index (κ3) is 2.45. The minimum Gasteiger partial charge on any atom is -0.443 e. The van der Waals surface area contributed by atoms with Gasteiger partial charge in [-0.15, -0.1) is 0 Å². The van der Waals surface area contributed by atoms with Gasteiger partial charge in [0.15, 0.2) is 0 Å². The molecule has 2 atom stereocenters. The fraction of sp³-hybridized carbons (Fsp3) is 0.522. The van der Waals surface area contributed by atoms with Crippen molar-refractivity contribution < 1.29 is 9.53 Å². The summed E-state index contributed by atoms with van der Waals surface area (Å²) in [6, 6.07) is 9.15. The number of carbonyl (C=O) groups excluding carboxylic acids is 1. The molecule has 0 bridgehead atoms. The van der Waals surface area contributed by atoms with Crippen LogP contribution >= 0.6 is 0 Å². The zero-order valence-corrected chi connectivity index (χ0v) is 16.8. The van der Waals surface area contributed by atoms with Crippen molar-refractivity contribution in [3.8, 4) is 0 Å². The van der Waals surface area contributed by atoms with Crippen molar-refractivity contribution in [2.45, 2.75) is 45.6 Å². The van der Waals surface area contributed by atoms with Crippen molar-refractivity contribution in [2.24, 2.45) is 5.41 Å². The normalized spacial score (nSPS) is 25.9. The zero-order chi connectivity index (χ0) is 19.3. The number of alkyl carbamates (subject to hydrolysis) is 1. The van der Waals surface area contributed by atoms with Crippen molar-refractivity contribution >= 4 is 22.7 Å². The fourth-order valence-electron chi connectivity index (χ4n) is 5.83. The van der Waals surface area contributed by atoms with E-state index in [2.05, 4.69) is 52.0 Å². The van der Waals surface area contributed by atoms with Crippen molar-refractivity contribution in [3.05, 3.63) is 41.6 Å². The first-order valence-corrected chi connectivity index (χ1v) is 10.7. The smallest absolute Gasteiger partial charge is 0.407 e. The number of ether oxygens (including phenoxy) is 1. The van der Waals surface area contributed by atoms with Crippen LogP contribution in [0.15, 0.2) is 30.3 Å². The average molecular weight is 380 g/mol. The van der Waals surface area contributed by atoms with E-state index in [1.807, 2.05) is 6.92 Å². The molecule has 2 aromatic rings. The molecule has 1 amide bonds. The Labute approximate surface area is 166 Å². The number of aromatic nitrogens is 1. The van der Waals surface area contributed by atoms with Gasteiger partial charge in [-0.25, -0.2) is 4.79 Å². The van der Waals surface area contributed by atoms with E-state index in [1.54, 1.807) is 0 Å². The fourth-order valence-corrected chi connectivity index (χ4v) is 5.83. The van der Waals surface area contributed by atoms with Crippen LogP contribution in [0.25, 0.3) is 16.6 Å². The number of nitrogens with one attached hydrogen (secondary N) is 1. The third-order valence-corrected chi connectivity index (χ3v) is 7.00. The molecule has 5 rings (SSSR count). The van der Waals surface area contributed by atoms with Gasteiger partial charge in [-0.05, 0) is 50.8 Å². The predicted octanol–water partition coefficient (Wildman–Crippen LogP) is 4.33. The molecule has 0 unspecified atom stereocenters. The molecule has 1 N–H and O–H groups in total. The number of piperidine rings is 1. The Hall–Kier alpha value is -2.27. The Balaban J connectivity index is 1.68. The highest BCUT2D eigenvalue weighted by atomic mass is 16.5. The molecule has 0 saturated carbocycles. The monoisotopic (exact) mass is 379 g/mol. The first-order valence-electron chi connectivity index (χ1n) is 10.7. The van der Waals surface area contributed by atoms with Gasteiger partial charge in [-0.3, -0.25) is 4.90 Å². The lowest BCUT2D eigenvalue weighted by Gasteiger charge is -2.53. The second-order valence-corrected chi connectivity index (χ2v) is 8.34. The molecule has 0 radical (unpaired) electrons. The summed E-state index contributed by atoms with van der Waals surface area (Å²) in [5.74, 6) is 0. The van der Waals surface area contributed by atoms with E-state index in [0.29, 0.717) is 19.2 Å². The number of rotatable bonds is 4. The lowest BCUT2D eigenvalue weighted by Crippen LogP contribution is -2.50. The zero-order valence-electron chi connectivity index (χ0n) is 16.8. The van der Waals surface area contributed by atoms with E-state index in [1.165, 1.54) is 41.5 Å². The molecule has 1 aromatic heterocycles. The molecular weight excluding hydrogens is 350 g/mol. The van der Waals surface area contributed by atoms with Gasteiger partial charge in [0.25, 0.3) is 0 Å². The Morgan fingerprint density at radius 3 is 2.96 bits per heavy atom. The molecule has 28 heavy (non-hydrogen) atoms. The number of hydrogen-bond donors (Lipinski definition) is 1. The quantitative estimate of drug-likeness (QED) is 0.860. The van der Waals surface area contributed by atoms with E-state index in [0.717, 1.165) is 25.1 Å². The first kappa shape index (κ1) is 17.8. The Morgan fingerprint density at radius 2 is 2.14 bits per heavy atom. The maximum absolute atomic E-state index is 12.0. The van der Waals surface area contributed by atoms with Crippen molar-refractivity contribution in [3.63, 3.8) is 0 Å². The summed E-state index contributed by atoms with van der Waals surface area (Å²) in [7, 11) is 0. The summed E-state index contributed by atoms with van der Waals surface area (Å²) in [6.07, 6.45) is 6.75. The number of benzene rings is 1. The van der Waals surface area contributed by atoms with Crippen LogP contribution in [-0.2, 0) is 11.2 Å². The molecule has 0 spiro atoms. The predicted molar refractivity (Wildman–Crippen MR) is 111 cm³/mol. The number of fused-ring (bicyclic) bond motifs is 3. The first-order chi connectivity index (χ1) is 13.7. The van der Waals surface area contributed by atoms with Crippen LogP contribution < -0.4 is 5.32 Å². The maximum atomic E-state index is 12.0. The lowest BCUT2D eigenvalue weighted by molar-refractivity contribution is 0.0261. The number of hydrogen-bond acceptors (Lipinski definition) is 3. The summed E-state index contributed by atoms with van der Waals surface area (Å²) in [5, 5.41) is 4.10. The van der Waals surface area contributed by atoms with Gasteiger partial charge < -0.3 is 14.6 Å². The summed E-state index contributed by atoms with van der Waals surface area (Å²) >= 11 is 0. The number of nitrogens with zero attached hydrogens (tertiary/aromatic N) is 2. The van der Waals surface area contributed by atoms with Gasteiger partial charge in [-0.2, -0.15) is 0 Å². The van der Waals surface area contributed by atoms with Crippen LogP contribution in [0.3, 0.4) is 0 Å². The van der Waals surface area contributed by atoms with Crippen molar-refractivity contribution in [2.75, 3.05) is 26.2 Å². The average Bonchev–Trinajstić information content (AvgIpc) is 3.07. The minimum atomic E-state index is -0.341. The van der Waals surface area contributed by atoms with Crippen LogP contribution in [0.2, 0.25) is 0 Å². The SMILES string of the molecule is CCNC(=O)OCC1=C[C@]2(CC)CCCN3CCc4c(n1c1ccccc41)[C@@H]32. The highest BCUT2D eigenvalue weighted by Crippen LogP contribution is 2.56. The molecule has 1 aromatic carbocycles. The highest BCUT2D eigenvalue weighted by molar-refractivity contribution is 5.90. The standard InChI is InChI=1S/C23H29N3O2/c1-3-23-11-7-12-25-13-10-18-17-8-5-6-9-19(17)26(20(18)21(23)25)16(14-23)15-28-22(27)24-4-2/h5-6,8-9,14,21H,3-4,7,10-13,15H2,1-2H3,(H,24,27)/t21-,23+/m1/s1. The van der Waals surface area contributed by atoms with Gasteiger partial charge in [0.1, 0.15) is 6.61 Å². The van der Waals surface area contributed by atoms with Crippen molar-refractivity contribution in [1.29, 1.82) is 0 Å². The second kappa shape index (κ2) is 6.66. The number of carbonyl (C=O) groups is 1. The van der Waals surface area contributed by atoms with Crippen LogP contribution in [0.4, 0.5) is 4.79 Å². The molecule has 4 heterocycles. The van der Waals surface area contributed by atoms with E-state index < -0.39 is 0 Å². The van der Waals surface area contributed by atoms with Crippen LogP contribution in [0.5, 0.6) is 0 Å². The topological polar surface area (TPSA) is 46.5 Å². The Kier molecular flexibility index (Phi) is 4.23. The van der Waals surface area contributed by atoms with Gasteiger partial charge in [0.2, 0.25) is 0 Å². The van der Waals surface area contributed by atoms with E-state index in [-0.39, 0.29) is 11.5 Å². The second-order valence-electron chi connectivity index (χ2n) is 8.34. The largest absolute Gasteiger partial charge is 0.443 e. The summed E-state index contributed by atoms with van der Waals surface area (Å²) < 4.78 is 8.00. The van der Waals surface area contributed by atoms with E-state index in [9.17, 15) is 4.79 Å². The van der Waals surface area contributed by atoms with Gasteiger partial charge in [0.05, 0.1) is 17.3 Å². The molecule has 5 nitrogen and oxygen atoms in total. The van der Waals surface area contributed by atoms with Gasteiger partial charge in [0, 0.05) is 29.6 Å². The Morgan fingerprint density at radius 1 is 1.29 bits per heavy atom. The lowest BCUT2D eigenvalue weighted by atomic mass is 9.66. The summed E-state index contributed by atoms with van der Waals surface area (Å²) in [5.41, 5.74) is 5.45. The maximum Gasteiger partial charge on any atom is 0.407 e. The van der Waals surface area contributed by atoms with E-state index in [4.69, 9.17) is 4.74 Å². The van der Waals surface area contributed by atoms with Crippen LogP contribution in [0, 0.1) is 5.41 Å². The molecule has 1 fully saturated rings. The molecule has 0 aliphatic carbocycles. The minimum absolute atomic E-state index is 0.137.